The van der Waals surface area contributed by atoms with Crippen LogP contribution in [0.3, 0.4) is 0 Å². The normalized spacial score (nSPS) is 24.8. The predicted molar refractivity (Wildman–Crippen MR) is 69.7 cm³/mol. The van der Waals surface area contributed by atoms with Crippen LogP contribution in [-0.2, 0) is 0 Å². The third-order valence-electron chi connectivity index (χ3n) is 3.06. The van der Waals surface area contributed by atoms with Gasteiger partial charge in [0.25, 0.3) is 0 Å². The molecule has 17 heavy (non-hydrogen) atoms. The monoisotopic (exact) mass is 235 g/mol. The lowest BCUT2D eigenvalue weighted by Gasteiger charge is -2.38. The van der Waals surface area contributed by atoms with Crippen molar-refractivity contribution in [3.05, 3.63) is 18.2 Å². The van der Waals surface area contributed by atoms with Crippen LogP contribution in [0.15, 0.2) is 18.2 Å². The quantitative estimate of drug-likeness (QED) is 0.864. The largest absolute Gasteiger partial charge is 0.478 e. The van der Waals surface area contributed by atoms with Crippen LogP contribution in [0, 0.1) is 0 Å². The minimum atomic E-state index is 0.468. The van der Waals surface area contributed by atoms with Gasteiger partial charge in [-0.2, -0.15) is 4.98 Å². The van der Waals surface area contributed by atoms with Crippen molar-refractivity contribution in [1.82, 2.24) is 10.3 Å². The van der Waals surface area contributed by atoms with E-state index in [1.54, 1.807) is 0 Å². The van der Waals surface area contributed by atoms with Crippen LogP contribution < -0.4 is 15.0 Å². The molecule has 1 saturated heterocycles. The van der Waals surface area contributed by atoms with Gasteiger partial charge in [0, 0.05) is 31.2 Å². The summed E-state index contributed by atoms with van der Waals surface area (Å²) in [6, 6.07) is 6.94. The second-order valence-electron chi connectivity index (χ2n) is 4.58. The second kappa shape index (κ2) is 5.36. The summed E-state index contributed by atoms with van der Waals surface area (Å²) in [7, 11) is 0. The highest BCUT2D eigenvalue weighted by atomic mass is 16.5. The lowest BCUT2D eigenvalue weighted by Crippen LogP contribution is -2.54. The Labute approximate surface area is 103 Å². The first-order chi connectivity index (χ1) is 8.20. The first-order valence-corrected chi connectivity index (χ1v) is 6.30. The molecule has 2 heterocycles. The Kier molecular flexibility index (Phi) is 3.84. The van der Waals surface area contributed by atoms with E-state index >= 15 is 0 Å². The van der Waals surface area contributed by atoms with Crippen LogP contribution in [0.2, 0.25) is 0 Å². The van der Waals surface area contributed by atoms with Crippen molar-refractivity contribution in [2.24, 2.45) is 0 Å². The van der Waals surface area contributed by atoms with Gasteiger partial charge >= 0.3 is 0 Å². The molecular formula is C13H21N3O. The van der Waals surface area contributed by atoms with Gasteiger partial charge in [0.1, 0.15) is 5.82 Å². The zero-order chi connectivity index (χ0) is 12.3. The molecule has 0 aromatic carbocycles. The molecule has 0 radical (unpaired) electrons. The molecule has 2 atom stereocenters. The molecule has 0 spiro atoms. The molecular weight excluding hydrogens is 214 g/mol. The maximum Gasteiger partial charge on any atom is 0.215 e. The van der Waals surface area contributed by atoms with E-state index in [-0.39, 0.29) is 0 Å². The Morgan fingerprint density at radius 1 is 1.47 bits per heavy atom. The van der Waals surface area contributed by atoms with Gasteiger partial charge < -0.3 is 15.0 Å². The average molecular weight is 235 g/mol. The number of rotatable bonds is 3. The molecule has 0 amide bonds. The number of hydrogen-bond acceptors (Lipinski definition) is 4. The van der Waals surface area contributed by atoms with Crippen molar-refractivity contribution >= 4 is 5.82 Å². The zero-order valence-electron chi connectivity index (χ0n) is 10.8. The molecule has 1 fully saturated rings. The smallest absolute Gasteiger partial charge is 0.215 e. The maximum absolute atomic E-state index is 5.45. The Morgan fingerprint density at radius 2 is 2.29 bits per heavy atom. The van der Waals surface area contributed by atoms with Crippen molar-refractivity contribution < 1.29 is 4.74 Å². The molecule has 1 N–H and O–H groups in total. The molecule has 4 nitrogen and oxygen atoms in total. The van der Waals surface area contributed by atoms with Gasteiger partial charge in [0.05, 0.1) is 6.61 Å². The summed E-state index contributed by atoms with van der Waals surface area (Å²) in [6.45, 7) is 9.04. The van der Waals surface area contributed by atoms with Gasteiger partial charge in [0.2, 0.25) is 5.88 Å². The van der Waals surface area contributed by atoms with Gasteiger partial charge in [-0.15, -0.1) is 0 Å². The second-order valence-corrected chi connectivity index (χ2v) is 4.58. The lowest BCUT2D eigenvalue weighted by molar-refractivity contribution is 0.326. The predicted octanol–water partition coefficient (Wildman–Crippen LogP) is 1.67. The van der Waals surface area contributed by atoms with E-state index in [2.05, 4.69) is 35.1 Å². The Bertz CT molecular complexity index is 369. The molecule has 94 valence electrons. The van der Waals surface area contributed by atoms with E-state index in [1.165, 1.54) is 0 Å². The number of piperazine rings is 1. The first-order valence-electron chi connectivity index (χ1n) is 6.30. The van der Waals surface area contributed by atoms with Crippen molar-refractivity contribution in [3.8, 4) is 5.88 Å². The third kappa shape index (κ3) is 2.88. The van der Waals surface area contributed by atoms with Crippen LogP contribution in [0.4, 0.5) is 5.82 Å². The van der Waals surface area contributed by atoms with Crippen LogP contribution in [-0.4, -0.2) is 36.8 Å². The Morgan fingerprint density at radius 3 is 3.06 bits per heavy atom. The van der Waals surface area contributed by atoms with Crippen LogP contribution in [0.25, 0.3) is 0 Å². The number of hydrogen-bond donors (Lipinski definition) is 1. The van der Waals surface area contributed by atoms with E-state index in [1.807, 2.05) is 19.1 Å². The third-order valence-corrected chi connectivity index (χ3v) is 3.06. The van der Waals surface area contributed by atoms with E-state index in [9.17, 15) is 0 Å². The lowest BCUT2D eigenvalue weighted by atomic mass is 10.1. The number of nitrogens with one attached hydrogen (secondary N) is 1. The number of ether oxygens (including phenoxy) is 1. The highest BCUT2D eigenvalue weighted by molar-refractivity contribution is 5.42. The SMILES string of the molecule is CCOc1cccc(N2CC(C)NCC2C)n1. The molecule has 0 saturated carbocycles. The number of anilines is 1. The summed E-state index contributed by atoms with van der Waals surface area (Å²) < 4.78 is 5.45. The highest BCUT2D eigenvalue weighted by Crippen LogP contribution is 2.20. The molecule has 1 aromatic heterocycles. The Hall–Kier alpha value is -1.29. The standard InChI is InChI=1S/C13H21N3O/c1-4-17-13-7-5-6-12(15-13)16-9-10(2)14-8-11(16)3/h5-7,10-11,14H,4,8-9H2,1-3H3. The molecule has 2 unspecified atom stereocenters. The molecule has 1 aliphatic heterocycles. The molecule has 0 bridgehead atoms. The van der Waals surface area contributed by atoms with Gasteiger partial charge in [-0.1, -0.05) is 6.07 Å². The van der Waals surface area contributed by atoms with Gasteiger partial charge in [-0.3, -0.25) is 0 Å². The fourth-order valence-corrected chi connectivity index (χ4v) is 2.13. The van der Waals surface area contributed by atoms with Crippen LogP contribution >= 0.6 is 0 Å². The maximum atomic E-state index is 5.45. The summed E-state index contributed by atoms with van der Waals surface area (Å²) >= 11 is 0. The molecule has 4 heteroatoms. The highest BCUT2D eigenvalue weighted by Gasteiger charge is 2.23. The summed E-state index contributed by atoms with van der Waals surface area (Å²) in [5, 5.41) is 3.47. The zero-order valence-corrected chi connectivity index (χ0v) is 10.8. The Balaban J connectivity index is 2.16. The fourth-order valence-electron chi connectivity index (χ4n) is 2.13. The summed E-state index contributed by atoms with van der Waals surface area (Å²) in [5.74, 6) is 1.72. The average Bonchev–Trinajstić information content (AvgIpc) is 2.33. The number of pyridine rings is 1. The molecule has 2 rings (SSSR count). The van der Waals surface area contributed by atoms with E-state index in [0.29, 0.717) is 24.6 Å². The molecule has 0 aliphatic carbocycles. The van der Waals surface area contributed by atoms with Crippen molar-refractivity contribution in [2.75, 3.05) is 24.6 Å². The number of aromatic nitrogens is 1. The minimum Gasteiger partial charge on any atom is -0.478 e. The number of nitrogens with zero attached hydrogens (tertiary/aromatic N) is 2. The van der Waals surface area contributed by atoms with Crippen LogP contribution in [0.1, 0.15) is 20.8 Å². The van der Waals surface area contributed by atoms with E-state index < -0.39 is 0 Å². The van der Waals surface area contributed by atoms with Crippen LogP contribution in [0.5, 0.6) is 5.88 Å². The topological polar surface area (TPSA) is 37.4 Å². The minimum absolute atomic E-state index is 0.468. The summed E-state index contributed by atoms with van der Waals surface area (Å²) in [4.78, 5) is 6.88. The molecule has 1 aliphatic rings. The summed E-state index contributed by atoms with van der Waals surface area (Å²) in [5.41, 5.74) is 0. The van der Waals surface area contributed by atoms with Gasteiger partial charge in [-0.25, -0.2) is 0 Å². The first kappa shape index (κ1) is 12.2. The van der Waals surface area contributed by atoms with Gasteiger partial charge in [-0.05, 0) is 26.8 Å². The fraction of sp³-hybridized carbons (Fsp3) is 0.615. The van der Waals surface area contributed by atoms with Crippen molar-refractivity contribution in [1.29, 1.82) is 0 Å². The van der Waals surface area contributed by atoms with E-state index in [4.69, 9.17) is 4.74 Å². The molecule has 1 aromatic rings. The van der Waals surface area contributed by atoms with Crippen molar-refractivity contribution in [3.63, 3.8) is 0 Å². The van der Waals surface area contributed by atoms with E-state index in [0.717, 1.165) is 18.9 Å². The van der Waals surface area contributed by atoms with Gasteiger partial charge in [0.15, 0.2) is 0 Å². The van der Waals surface area contributed by atoms with Crippen molar-refractivity contribution in [2.45, 2.75) is 32.9 Å². The summed E-state index contributed by atoms with van der Waals surface area (Å²) in [6.07, 6.45) is 0.